The summed E-state index contributed by atoms with van der Waals surface area (Å²) in [6.45, 7) is 2.23. The Labute approximate surface area is 125 Å². The van der Waals surface area contributed by atoms with Gasteiger partial charge < -0.3 is 14.8 Å². The fourth-order valence-electron chi connectivity index (χ4n) is 1.86. The fourth-order valence-corrected chi connectivity index (χ4v) is 2.24. The smallest absolute Gasteiger partial charge is 0.335 e. The van der Waals surface area contributed by atoms with Crippen LogP contribution in [0.2, 0.25) is 0 Å². The van der Waals surface area contributed by atoms with Crippen molar-refractivity contribution in [1.82, 2.24) is 0 Å². The largest absolute Gasteiger partial charge is 0.454 e. The highest BCUT2D eigenvalue weighted by molar-refractivity contribution is 9.10. The Hall–Kier alpha value is -1.40. The summed E-state index contributed by atoms with van der Waals surface area (Å²) in [4.78, 5) is 23.2. The van der Waals surface area contributed by atoms with Crippen LogP contribution in [0, 0.1) is 6.92 Å². The first kappa shape index (κ1) is 15.0. The molecule has 1 amide bonds. The predicted molar refractivity (Wildman–Crippen MR) is 77.4 cm³/mol. The van der Waals surface area contributed by atoms with Crippen molar-refractivity contribution in [3.8, 4) is 0 Å². The van der Waals surface area contributed by atoms with Crippen molar-refractivity contribution in [2.45, 2.75) is 25.9 Å². The average molecular weight is 342 g/mol. The second-order valence-electron chi connectivity index (χ2n) is 4.62. The first-order valence-electron chi connectivity index (χ1n) is 6.40. The highest BCUT2D eigenvalue weighted by Crippen LogP contribution is 2.20. The van der Waals surface area contributed by atoms with Crippen LogP contribution in [0.4, 0.5) is 5.69 Å². The number of benzene rings is 1. The fraction of sp³-hybridized carbons (Fsp3) is 0.429. The maximum atomic E-state index is 11.7. The molecule has 1 aliphatic heterocycles. The number of esters is 1. The van der Waals surface area contributed by atoms with Gasteiger partial charge in [-0.25, -0.2) is 4.79 Å². The van der Waals surface area contributed by atoms with Crippen molar-refractivity contribution >= 4 is 33.5 Å². The first-order chi connectivity index (χ1) is 9.56. The van der Waals surface area contributed by atoms with E-state index in [-0.39, 0.29) is 12.5 Å². The molecule has 5 nitrogen and oxygen atoms in total. The highest BCUT2D eigenvalue weighted by Gasteiger charge is 2.25. The van der Waals surface area contributed by atoms with Crippen molar-refractivity contribution in [2.75, 3.05) is 18.5 Å². The van der Waals surface area contributed by atoms with E-state index in [1.807, 2.05) is 13.0 Å². The van der Waals surface area contributed by atoms with Gasteiger partial charge in [0.2, 0.25) is 0 Å². The number of amides is 1. The number of nitrogens with one attached hydrogen (secondary N) is 1. The second-order valence-corrected chi connectivity index (χ2v) is 5.48. The van der Waals surface area contributed by atoms with Crippen LogP contribution in [0.1, 0.15) is 18.4 Å². The minimum absolute atomic E-state index is 0.301. The third-order valence-corrected chi connectivity index (χ3v) is 3.85. The van der Waals surface area contributed by atoms with Crippen molar-refractivity contribution in [1.29, 1.82) is 0 Å². The van der Waals surface area contributed by atoms with E-state index in [2.05, 4.69) is 21.2 Å². The van der Waals surface area contributed by atoms with Crippen LogP contribution < -0.4 is 5.32 Å². The maximum Gasteiger partial charge on any atom is 0.335 e. The molecule has 0 bridgehead atoms. The lowest BCUT2D eigenvalue weighted by Gasteiger charge is -2.10. The minimum Gasteiger partial charge on any atom is -0.454 e. The Bertz CT molecular complexity index is 512. The van der Waals surface area contributed by atoms with Gasteiger partial charge in [0.25, 0.3) is 5.91 Å². The number of halogens is 1. The molecule has 1 atom stereocenters. The lowest BCUT2D eigenvalue weighted by atomic mass is 10.2. The summed E-state index contributed by atoms with van der Waals surface area (Å²) in [5, 5.41) is 2.67. The lowest BCUT2D eigenvalue weighted by molar-refractivity contribution is -0.156. The van der Waals surface area contributed by atoms with Crippen molar-refractivity contribution in [2.24, 2.45) is 0 Å². The molecule has 1 fully saturated rings. The molecule has 1 aromatic carbocycles. The van der Waals surface area contributed by atoms with E-state index >= 15 is 0 Å². The zero-order valence-electron chi connectivity index (χ0n) is 11.1. The van der Waals surface area contributed by atoms with Crippen LogP contribution in [0.5, 0.6) is 0 Å². The Morgan fingerprint density at radius 1 is 1.50 bits per heavy atom. The monoisotopic (exact) mass is 341 g/mol. The summed E-state index contributed by atoms with van der Waals surface area (Å²) in [6.07, 6.45) is 0.991. The van der Waals surface area contributed by atoms with Gasteiger partial charge in [0.15, 0.2) is 12.7 Å². The molecule has 20 heavy (non-hydrogen) atoms. The Morgan fingerprint density at radius 3 is 2.95 bits per heavy atom. The first-order valence-corrected chi connectivity index (χ1v) is 7.20. The molecule has 1 saturated heterocycles. The SMILES string of the molecule is Cc1ccc(NC(=O)COC(=O)[C@H]2CCCO2)cc1Br. The third-order valence-electron chi connectivity index (χ3n) is 2.99. The quantitative estimate of drug-likeness (QED) is 0.854. The standard InChI is InChI=1S/C14H16BrNO4/c1-9-4-5-10(7-11(9)15)16-13(17)8-20-14(18)12-3-2-6-19-12/h4-5,7,12H,2-3,6,8H2,1H3,(H,16,17)/t12-/m1/s1. The van der Waals surface area contributed by atoms with Gasteiger partial charge in [-0.3, -0.25) is 4.79 Å². The number of rotatable bonds is 4. The number of carbonyl (C=O) groups excluding carboxylic acids is 2. The molecule has 1 heterocycles. The zero-order valence-corrected chi connectivity index (χ0v) is 12.7. The van der Waals surface area contributed by atoms with E-state index in [0.29, 0.717) is 18.7 Å². The number of carbonyl (C=O) groups is 2. The van der Waals surface area contributed by atoms with Gasteiger partial charge >= 0.3 is 5.97 Å². The van der Waals surface area contributed by atoms with Gasteiger partial charge in [0, 0.05) is 16.8 Å². The molecule has 6 heteroatoms. The summed E-state index contributed by atoms with van der Waals surface area (Å²) in [5.41, 5.74) is 1.73. The average Bonchev–Trinajstić information content (AvgIpc) is 2.94. The van der Waals surface area contributed by atoms with Crippen LogP contribution in [0.3, 0.4) is 0 Å². The molecule has 2 rings (SSSR count). The Balaban J connectivity index is 1.80. The molecular formula is C14H16BrNO4. The van der Waals surface area contributed by atoms with Crippen LogP contribution in [-0.4, -0.2) is 31.2 Å². The molecule has 1 aliphatic rings. The lowest BCUT2D eigenvalue weighted by Crippen LogP contribution is -2.27. The van der Waals surface area contributed by atoms with Crippen LogP contribution >= 0.6 is 15.9 Å². The van der Waals surface area contributed by atoms with E-state index in [4.69, 9.17) is 9.47 Å². The molecule has 108 valence electrons. The summed E-state index contributed by atoms with van der Waals surface area (Å²) in [7, 11) is 0. The number of ether oxygens (including phenoxy) is 2. The highest BCUT2D eigenvalue weighted by atomic mass is 79.9. The molecule has 0 aliphatic carbocycles. The second kappa shape index (κ2) is 6.85. The van der Waals surface area contributed by atoms with E-state index in [9.17, 15) is 9.59 Å². The van der Waals surface area contributed by atoms with Crippen LogP contribution in [0.15, 0.2) is 22.7 Å². The van der Waals surface area contributed by atoms with E-state index in [1.54, 1.807) is 12.1 Å². The van der Waals surface area contributed by atoms with Gasteiger partial charge in [-0.15, -0.1) is 0 Å². The number of hydrogen-bond donors (Lipinski definition) is 1. The van der Waals surface area contributed by atoms with Crippen molar-refractivity contribution in [3.63, 3.8) is 0 Å². The zero-order chi connectivity index (χ0) is 14.5. The summed E-state index contributed by atoms with van der Waals surface area (Å²) in [5.74, 6) is -0.838. The summed E-state index contributed by atoms with van der Waals surface area (Å²) in [6, 6.07) is 5.48. The number of anilines is 1. The molecule has 0 unspecified atom stereocenters. The van der Waals surface area contributed by atoms with Gasteiger partial charge in [0.05, 0.1) is 0 Å². The normalized spacial score (nSPS) is 17.8. The van der Waals surface area contributed by atoms with Gasteiger partial charge in [-0.2, -0.15) is 0 Å². The molecule has 1 N–H and O–H groups in total. The van der Waals surface area contributed by atoms with Crippen molar-refractivity contribution in [3.05, 3.63) is 28.2 Å². The molecule has 0 saturated carbocycles. The van der Waals surface area contributed by atoms with Crippen molar-refractivity contribution < 1.29 is 19.1 Å². The van der Waals surface area contributed by atoms with E-state index in [0.717, 1.165) is 16.5 Å². The maximum absolute atomic E-state index is 11.7. The molecule has 0 aromatic heterocycles. The number of aryl methyl sites for hydroxylation is 1. The Kier molecular flexibility index (Phi) is 5.14. The topological polar surface area (TPSA) is 64.6 Å². The predicted octanol–water partition coefficient (Wildman–Crippen LogP) is 2.42. The third kappa shape index (κ3) is 4.05. The summed E-state index contributed by atoms with van der Waals surface area (Å²) >= 11 is 3.39. The van der Waals surface area contributed by atoms with E-state index in [1.165, 1.54) is 0 Å². The molecule has 0 radical (unpaired) electrons. The number of hydrogen-bond acceptors (Lipinski definition) is 4. The molecular weight excluding hydrogens is 326 g/mol. The molecule has 1 aromatic rings. The molecule has 0 spiro atoms. The van der Waals surface area contributed by atoms with Crippen LogP contribution in [0.25, 0.3) is 0 Å². The van der Waals surface area contributed by atoms with E-state index < -0.39 is 12.1 Å². The Morgan fingerprint density at radius 2 is 2.30 bits per heavy atom. The minimum atomic E-state index is -0.517. The van der Waals surface area contributed by atoms with Crippen LogP contribution in [-0.2, 0) is 19.1 Å². The van der Waals surface area contributed by atoms with Gasteiger partial charge in [-0.05, 0) is 37.5 Å². The van der Waals surface area contributed by atoms with Gasteiger partial charge in [0.1, 0.15) is 0 Å². The van der Waals surface area contributed by atoms with Gasteiger partial charge in [-0.1, -0.05) is 22.0 Å². The summed E-state index contributed by atoms with van der Waals surface area (Å²) < 4.78 is 11.0.